The number of nitrogens with one attached hydrogen (secondary N) is 1. The molecular weight excluding hydrogens is 442 g/mol. The molecule has 0 radical (unpaired) electrons. The van der Waals surface area contributed by atoms with Crippen molar-refractivity contribution in [3.8, 4) is 0 Å². The molecule has 0 rings (SSSR count). The van der Waals surface area contributed by atoms with Crippen molar-refractivity contribution in [1.29, 1.82) is 0 Å². The molecule has 5 nitrogen and oxygen atoms in total. The first-order valence-corrected chi connectivity index (χ1v) is 14.6. The number of hydrogen-bond donors (Lipinski definition) is 1. The SMILES string of the molecule is CC(C)N(CCNCCN(C(C)(C)C)C(C)(C)C)CCN(CCN(C(C)(C)C)C(C)(C)C)C(C)(C)C. The maximum Gasteiger partial charge on any atom is 0.0130 e. The molecule has 0 heterocycles. The lowest BCUT2D eigenvalue weighted by molar-refractivity contribution is 0.0132. The molecule has 0 unspecified atom stereocenters. The Bertz CT molecular complexity index is 565. The van der Waals surface area contributed by atoms with E-state index in [-0.39, 0.29) is 27.7 Å². The van der Waals surface area contributed by atoms with Gasteiger partial charge in [0.05, 0.1) is 0 Å². The molecule has 0 aliphatic rings. The van der Waals surface area contributed by atoms with E-state index in [2.05, 4.69) is 143 Å². The zero-order valence-electron chi connectivity index (χ0n) is 28.0. The van der Waals surface area contributed by atoms with E-state index in [1.807, 2.05) is 0 Å². The smallest absolute Gasteiger partial charge is 0.0130 e. The van der Waals surface area contributed by atoms with Gasteiger partial charge in [0, 0.05) is 86.1 Å². The molecule has 0 fully saturated rings. The average molecular weight is 512 g/mol. The van der Waals surface area contributed by atoms with E-state index in [0.29, 0.717) is 6.04 Å². The predicted octanol–water partition coefficient (Wildman–Crippen LogP) is 6.18. The monoisotopic (exact) mass is 512 g/mol. The Morgan fingerprint density at radius 2 is 0.806 bits per heavy atom. The van der Waals surface area contributed by atoms with Gasteiger partial charge in [0.2, 0.25) is 0 Å². The maximum absolute atomic E-state index is 3.73. The third-order valence-electron chi connectivity index (χ3n) is 7.26. The van der Waals surface area contributed by atoms with Gasteiger partial charge in [-0.3, -0.25) is 19.6 Å². The lowest BCUT2D eigenvalue weighted by Crippen LogP contribution is -2.57. The molecule has 0 spiro atoms. The summed E-state index contributed by atoms with van der Waals surface area (Å²) in [7, 11) is 0. The van der Waals surface area contributed by atoms with Crippen molar-refractivity contribution in [2.45, 2.75) is 151 Å². The van der Waals surface area contributed by atoms with Crippen LogP contribution in [0.15, 0.2) is 0 Å². The van der Waals surface area contributed by atoms with Crippen molar-refractivity contribution < 1.29 is 0 Å². The van der Waals surface area contributed by atoms with Crippen molar-refractivity contribution in [1.82, 2.24) is 24.9 Å². The van der Waals surface area contributed by atoms with Crippen LogP contribution in [0.4, 0.5) is 0 Å². The highest BCUT2D eigenvalue weighted by atomic mass is 15.3. The summed E-state index contributed by atoms with van der Waals surface area (Å²) >= 11 is 0. The second kappa shape index (κ2) is 13.7. The highest BCUT2D eigenvalue weighted by molar-refractivity contribution is 4.89. The summed E-state index contributed by atoms with van der Waals surface area (Å²) in [5, 5.41) is 3.73. The molecule has 0 saturated carbocycles. The van der Waals surface area contributed by atoms with Gasteiger partial charge in [0.1, 0.15) is 0 Å². The van der Waals surface area contributed by atoms with Crippen molar-refractivity contribution in [3.05, 3.63) is 0 Å². The average Bonchev–Trinajstić information content (AvgIpc) is 2.59. The summed E-state index contributed by atoms with van der Waals surface area (Å²) < 4.78 is 0. The quantitative estimate of drug-likeness (QED) is 0.298. The van der Waals surface area contributed by atoms with Gasteiger partial charge in [-0.2, -0.15) is 0 Å². The van der Waals surface area contributed by atoms with Gasteiger partial charge < -0.3 is 5.32 Å². The Labute approximate surface area is 228 Å². The van der Waals surface area contributed by atoms with E-state index in [1.54, 1.807) is 0 Å². The molecule has 218 valence electrons. The van der Waals surface area contributed by atoms with Crippen LogP contribution in [0.3, 0.4) is 0 Å². The van der Waals surface area contributed by atoms with Gasteiger partial charge in [-0.05, 0) is 118 Å². The first-order valence-electron chi connectivity index (χ1n) is 14.6. The number of nitrogens with zero attached hydrogens (tertiary/aromatic N) is 4. The topological polar surface area (TPSA) is 25.0 Å². The molecule has 0 saturated heterocycles. The van der Waals surface area contributed by atoms with Crippen LogP contribution in [-0.2, 0) is 0 Å². The Morgan fingerprint density at radius 1 is 0.444 bits per heavy atom. The van der Waals surface area contributed by atoms with Gasteiger partial charge in [-0.25, -0.2) is 0 Å². The largest absolute Gasteiger partial charge is 0.314 e. The summed E-state index contributed by atoms with van der Waals surface area (Å²) in [6, 6.07) is 0.551. The molecule has 0 aliphatic heterocycles. The van der Waals surface area contributed by atoms with Crippen LogP contribution in [0.2, 0.25) is 0 Å². The lowest BCUT2D eigenvalue weighted by Gasteiger charge is -2.47. The second-order valence-corrected chi connectivity index (χ2v) is 16.0. The first kappa shape index (κ1) is 35.8. The van der Waals surface area contributed by atoms with Crippen LogP contribution in [0.1, 0.15) is 118 Å². The highest BCUT2D eigenvalue weighted by Gasteiger charge is 2.33. The fourth-order valence-corrected chi connectivity index (χ4v) is 5.77. The van der Waals surface area contributed by atoms with Crippen LogP contribution >= 0.6 is 0 Å². The minimum atomic E-state index is 0.158. The molecular formula is C31H69N5. The minimum absolute atomic E-state index is 0.158. The van der Waals surface area contributed by atoms with Gasteiger partial charge in [-0.15, -0.1) is 0 Å². The van der Waals surface area contributed by atoms with Crippen LogP contribution in [-0.4, -0.2) is 106 Å². The van der Waals surface area contributed by atoms with E-state index in [1.165, 1.54) is 0 Å². The fraction of sp³-hybridized carbons (Fsp3) is 1.00. The molecule has 0 aliphatic carbocycles. The predicted molar refractivity (Wildman–Crippen MR) is 163 cm³/mol. The minimum Gasteiger partial charge on any atom is -0.314 e. The van der Waals surface area contributed by atoms with E-state index < -0.39 is 0 Å². The molecule has 36 heavy (non-hydrogen) atoms. The van der Waals surface area contributed by atoms with Gasteiger partial charge in [-0.1, -0.05) is 0 Å². The van der Waals surface area contributed by atoms with E-state index >= 15 is 0 Å². The van der Waals surface area contributed by atoms with E-state index in [0.717, 1.165) is 52.4 Å². The van der Waals surface area contributed by atoms with Gasteiger partial charge in [0.15, 0.2) is 0 Å². The van der Waals surface area contributed by atoms with E-state index in [9.17, 15) is 0 Å². The standard InChI is InChI=1S/C31H69N5/c1-26(2)33(20-18-32-19-21-35(28(6,7)8)29(9,10)11)22-23-34(27(3,4)5)24-25-36(30(12,13)14)31(15,16)17/h26,32H,18-25H2,1-17H3. The molecule has 0 aromatic rings. The van der Waals surface area contributed by atoms with Crippen molar-refractivity contribution in [2.75, 3.05) is 52.4 Å². The Hall–Kier alpha value is -0.200. The van der Waals surface area contributed by atoms with Crippen molar-refractivity contribution >= 4 is 0 Å². The first-order chi connectivity index (χ1) is 15.9. The van der Waals surface area contributed by atoms with Crippen LogP contribution in [0, 0.1) is 0 Å². The summed E-state index contributed by atoms with van der Waals surface area (Å²) in [5.74, 6) is 0. The fourth-order valence-electron chi connectivity index (χ4n) is 5.77. The zero-order valence-corrected chi connectivity index (χ0v) is 28.0. The van der Waals surface area contributed by atoms with Crippen LogP contribution in [0.25, 0.3) is 0 Å². The lowest BCUT2D eigenvalue weighted by atomic mass is 9.95. The third kappa shape index (κ3) is 13.6. The zero-order chi connectivity index (χ0) is 28.8. The van der Waals surface area contributed by atoms with E-state index in [4.69, 9.17) is 0 Å². The normalized spacial score (nSPS) is 14.8. The molecule has 0 amide bonds. The summed E-state index contributed by atoms with van der Waals surface area (Å²) in [6.45, 7) is 48.4. The van der Waals surface area contributed by atoms with Gasteiger partial charge in [0.25, 0.3) is 0 Å². The third-order valence-corrected chi connectivity index (χ3v) is 7.26. The number of hydrogen-bond acceptors (Lipinski definition) is 5. The maximum atomic E-state index is 3.73. The molecule has 0 atom stereocenters. The highest BCUT2D eigenvalue weighted by Crippen LogP contribution is 2.25. The van der Waals surface area contributed by atoms with Crippen LogP contribution < -0.4 is 5.32 Å². The summed E-state index contributed by atoms with van der Waals surface area (Å²) in [5.41, 5.74) is 0.831. The molecule has 5 heteroatoms. The Balaban J connectivity index is 4.97. The Kier molecular flexibility index (Phi) is 13.7. The van der Waals surface area contributed by atoms with Crippen molar-refractivity contribution in [3.63, 3.8) is 0 Å². The molecule has 0 aromatic heterocycles. The molecule has 1 N–H and O–H groups in total. The number of rotatable bonds is 13. The van der Waals surface area contributed by atoms with Gasteiger partial charge >= 0.3 is 0 Å². The summed E-state index contributed by atoms with van der Waals surface area (Å²) in [6.07, 6.45) is 0. The van der Waals surface area contributed by atoms with Crippen molar-refractivity contribution in [2.24, 2.45) is 0 Å². The second-order valence-electron chi connectivity index (χ2n) is 16.0. The molecule has 0 aromatic carbocycles. The molecule has 0 bridgehead atoms. The van der Waals surface area contributed by atoms with Crippen LogP contribution in [0.5, 0.6) is 0 Å². The summed E-state index contributed by atoms with van der Waals surface area (Å²) in [4.78, 5) is 10.6. The Morgan fingerprint density at radius 3 is 1.17 bits per heavy atom.